The van der Waals surface area contributed by atoms with Crippen molar-refractivity contribution in [2.24, 2.45) is 0 Å². The molecule has 0 saturated carbocycles. The Morgan fingerprint density at radius 2 is 2.05 bits per heavy atom. The number of hydrogen-bond donors (Lipinski definition) is 0. The van der Waals surface area contributed by atoms with Crippen molar-refractivity contribution in [3.8, 4) is 0 Å². The molecule has 0 amide bonds. The van der Waals surface area contributed by atoms with Crippen LogP contribution in [0.3, 0.4) is 0 Å². The van der Waals surface area contributed by atoms with Gasteiger partial charge in [-0.15, -0.1) is 11.8 Å². The fraction of sp³-hybridized carbons (Fsp3) is 0.286. The van der Waals surface area contributed by atoms with Crippen molar-refractivity contribution in [3.05, 3.63) is 51.5 Å². The Kier molecular flexibility index (Phi) is 3.96. The summed E-state index contributed by atoms with van der Waals surface area (Å²) in [6.07, 6.45) is 3.16. The second-order valence-electron chi connectivity index (χ2n) is 4.46. The largest absolute Gasteiger partial charge is 0.237 e. The minimum Gasteiger partial charge on any atom is -0.237 e. The van der Waals surface area contributed by atoms with E-state index in [0.717, 1.165) is 46.3 Å². The van der Waals surface area contributed by atoms with E-state index in [0.29, 0.717) is 10.9 Å². The predicted octanol–water partition coefficient (Wildman–Crippen LogP) is 4.56. The second-order valence-corrected chi connectivity index (χ2v) is 6.30. The number of rotatable bonds is 3. The first-order chi connectivity index (χ1) is 9.22. The maximum absolute atomic E-state index is 6.20. The molecule has 1 aliphatic carbocycles. The van der Waals surface area contributed by atoms with Crippen LogP contribution in [0.4, 0.5) is 0 Å². The standard InChI is InChI=1S/C14H12Cl2N2S/c15-9-3-1-4-10(7-9)19-8-13-17-12-6-2-5-11(12)14(16)18-13/h1,3-4,7H,2,5-6,8H2. The summed E-state index contributed by atoms with van der Waals surface area (Å²) in [4.78, 5) is 10.1. The number of aryl methyl sites for hydroxylation is 1. The van der Waals surface area contributed by atoms with E-state index in [-0.39, 0.29) is 0 Å². The topological polar surface area (TPSA) is 25.8 Å². The van der Waals surface area contributed by atoms with Crippen molar-refractivity contribution < 1.29 is 0 Å². The van der Waals surface area contributed by atoms with E-state index in [1.165, 1.54) is 0 Å². The van der Waals surface area contributed by atoms with Crippen LogP contribution in [0.25, 0.3) is 0 Å². The molecular weight excluding hydrogens is 299 g/mol. The Balaban J connectivity index is 1.76. The molecule has 1 aromatic carbocycles. The van der Waals surface area contributed by atoms with E-state index < -0.39 is 0 Å². The molecule has 0 spiro atoms. The van der Waals surface area contributed by atoms with E-state index in [9.17, 15) is 0 Å². The summed E-state index contributed by atoms with van der Waals surface area (Å²) in [5, 5.41) is 1.38. The third kappa shape index (κ3) is 3.04. The maximum atomic E-state index is 6.20. The first-order valence-corrected chi connectivity index (χ1v) is 7.89. The molecular formula is C14H12Cl2N2S. The first-order valence-electron chi connectivity index (χ1n) is 6.15. The molecule has 1 aromatic heterocycles. The van der Waals surface area contributed by atoms with Crippen LogP contribution in [-0.4, -0.2) is 9.97 Å². The molecule has 0 fully saturated rings. The van der Waals surface area contributed by atoms with Crippen molar-refractivity contribution >= 4 is 35.0 Å². The SMILES string of the molecule is Clc1cccc(SCc2nc(Cl)c3c(n2)CCC3)c1. The number of fused-ring (bicyclic) bond motifs is 1. The van der Waals surface area contributed by atoms with Crippen molar-refractivity contribution in [1.82, 2.24) is 9.97 Å². The summed E-state index contributed by atoms with van der Waals surface area (Å²) >= 11 is 13.8. The number of benzene rings is 1. The van der Waals surface area contributed by atoms with E-state index in [2.05, 4.69) is 9.97 Å². The highest BCUT2D eigenvalue weighted by molar-refractivity contribution is 7.98. The highest BCUT2D eigenvalue weighted by Gasteiger charge is 2.18. The highest BCUT2D eigenvalue weighted by atomic mass is 35.5. The van der Waals surface area contributed by atoms with Gasteiger partial charge < -0.3 is 0 Å². The van der Waals surface area contributed by atoms with Gasteiger partial charge in [0.1, 0.15) is 11.0 Å². The third-order valence-corrected chi connectivity index (χ3v) is 4.63. The lowest BCUT2D eigenvalue weighted by Crippen LogP contribution is -1.99. The fourth-order valence-electron chi connectivity index (χ4n) is 2.20. The average Bonchev–Trinajstić information content (AvgIpc) is 2.85. The molecule has 0 saturated heterocycles. The van der Waals surface area contributed by atoms with Crippen LogP contribution in [0.5, 0.6) is 0 Å². The molecule has 2 nitrogen and oxygen atoms in total. The maximum Gasteiger partial charge on any atom is 0.140 e. The summed E-state index contributed by atoms with van der Waals surface area (Å²) in [7, 11) is 0. The monoisotopic (exact) mass is 310 g/mol. The summed E-state index contributed by atoms with van der Waals surface area (Å²) in [5.74, 6) is 1.52. The van der Waals surface area contributed by atoms with Crippen molar-refractivity contribution in [2.75, 3.05) is 0 Å². The van der Waals surface area contributed by atoms with Crippen LogP contribution in [-0.2, 0) is 18.6 Å². The minimum atomic E-state index is 0.629. The quantitative estimate of drug-likeness (QED) is 0.613. The van der Waals surface area contributed by atoms with Gasteiger partial charge >= 0.3 is 0 Å². The van der Waals surface area contributed by atoms with Gasteiger partial charge in [0.25, 0.3) is 0 Å². The fourth-order valence-corrected chi connectivity index (χ4v) is 3.57. The molecule has 0 aliphatic heterocycles. The van der Waals surface area contributed by atoms with Crippen molar-refractivity contribution in [3.63, 3.8) is 0 Å². The molecule has 5 heteroatoms. The van der Waals surface area contributed by atoms with Gasteiger partial charge in [0.2, 0.25) is 0 Å². The van der Waals surface area contributed by atoms with Gasteiger partial charge in [0.05, 0.1) is 5.75 Å². The molecule has 0 radical (unpaired) electrons. The zero-order chi connectivity index (χ0) is 13.2. The van der Waals surface area contributed by atoms with E-state index >= 15 is 0 Å². The summed E-state index contributed by atoms with van der Waals surface area (Å²) < 4.78 is 0. The van der Waals surface area contributed by atoms with E-state index in [1.54, 1.807) is 11.8 Å². The van der Waals surface area contributed by atoms with Gasteiger partial charge in [0.15, 0.2) is 0 Å². The minimum absolute atomic E-state index is 0.629. The van der Waals surface area contributed by atoms with Crippen LogP contribution in [0, 0.1) is 0 Å². The van der Waals surface area contributed by atoms with Crippen molar-refractivity contribution in [1.29, 1.82) is 0 Å². The predicted molar refractivity (Wildman–Crippen MR) is 80.1 cm³/mol. The molecule has 0 N–H and O–H groups in total. The Hall–Kier alpha value is -0.770. The Morgan fingerprint density at radius 1 is 1.16 bits per heavy atom. The summed E-state index contributed by atoms with van der Waals surface area (Å²) in [6.45, 7) is 0. The molecule has 2 aromatic rings. The zero-order valence-corrected chi connectivity index (χ0v) is 12.5. The number of halogens is 2. The van der Waals surface area contributed by atoms with Gasteiger partial charge in [-0.3, -0.25) is 0 Å². The van der Waals surface area contributed by atoms with Crippen molar-refractivity contribution in [2.45, 2.75) is 29.9 Å². The van der Waals surface area contributed by atoms with Crippen LogP contribution < -0.4 is 0 Å². The van der Waals surface area contributed by atoms with Crippen LogP contribution >= 0.6 is 35.0 Å². The van der Waals surface area contributed by atoms with Gasteiger partial charge in [-0.25, -0.2) is 9.97 Å². The van der Waals surface area contributed by atoms with Crippen LogP contribution in [0.2, 0.25) is 10.2 Å². The van der Waals surface area contributed by atoms with Gasteiger partial charge in [-0.1, -0.05) is 29.3 Å². The third-order valence-electron chi connectivity index (χ3n) is 3.09. The second kappa shape index (κ2) is 5.70. The highest BCUT2D eigenvalue weighted by Crippen LogP contribution is 2.28. The number of aromatic nitrogens is 2. The normalized spacial score (nSPS) is 13.6. The molecule has 1 aliphatic rings. The van der Waals surface area contributed by atoms with Gasteiger partial charge in [0, 0.05) is 21.2 Å². The smallest absolute Gasteiger partial charge is 0.140 e. The molecule has 1 heterocycles. The molecule has 0 unspecified atom stereocenters. The van der Waals surface area contributed by atoms with Crippen LogP contribution in [0.1, 0.15) is 23.5 Å². The lowest BCUT2D eigenvalue weighted by atomic mass is 10.3. The van der Waals surface area contributed by atoms with Crippen LogP contribution in [0.15, 0.2) is 29.2 Å². The lowest BCUT2D eigenvalue weighted by Gasteiger charge is -2.05. The van der Waals surface area contributed by atoms with E-state index in [4.69, 9.17) is 23.2 Å². The molecule has 0 atom stereocenters. The Bertz CT molecular complexity index is 616. The summed E-state index contributed by atoms with van der Waals surface area (Å²) in [6, 6.07) is 7.79. The zero-order valence-electron chi connectivity index (χ0n) is 10.2. The van der Waals surface area contributed by atoms with Gasteiger partial charge in [-0.05, 0) is 37.5 Å². The van der Waals surface area contributed by atoms with E-state index in [1.807, 2.05) is 24.3 Å². The first kappa shape index (κ1) is 13.2. The Labute approximate surface area is 126 Å². The number of thioether (sulfide) groups is 1. The number of nitrogens with zero attached hydrogens (tertiary/aromatic N) is 2. The summed E-state index contributed by atoms with van der Waals surface area (Å²) in [5.41, 5.74) is 2.26. The molecule has 98 valence electrons. The van der Waals surface area contributed by atoms with Gasteiger partial charge in [-0.2, -0.15) is 0 Å². The molecule has 19 heavy (non-hydrogen) atoms. The molecule has 0 bridgehead atoms. The lowest BCUT2D eigenvalue weighted by molar-refractivity contribution is 0.893. The Morgan fingerprint density at radius 3 is 2.89 bits per heavy atom. The average molecular weight is 311 g/mol. The number of hydrogen-bond acceptors (Lipinski definition) is 3. The molecule has 3 rings (SSSR count).